The molecule has 0 radical (unpaired) electrons. The molecule has 0 aliphatic carbocycles. The summed E-state index contributed by atoms with van der Waals surface area (Å²) in [5.74, 6) is 1.14. The van der Waals surface area contributed by atoms with Crippen molar-refractivity contribution in [3.8, 4) is 5.75 Å². The Morgan fingerprint density at radius 3 is 2.43 bits per heavy atom. The van der Waals surface area contributed by atoms with Crippen LogP contribution < -0.4 is 4.74 Å². The summed E-state index contributed by atoms with van der Waals surface area (Å²) in [5.41, 5.74) is 1.69. The van der Waals surface area contributed by atoms with Crippen LogP contribution in [0.25, 0.3) is 0 Å². The highest BCUT2D eigenvalue weighted by atomic mass is 35.5. The third kappa shape index (κ3) is 3.95. The van der Waals surface area contributed by atoms with Gasteiger partial charge in [0.2, 0.25) is 0 Å². The summed E-state index contributed by atoms with van der Waals surface area (Å²) in [6, 6.07) is 12.3. The molecule has 21 heavy (non-hydrogen) atoms. The molecule has 110 valence electrons. The van der Waals surface area contributed by atoms with Gasteiger partial charge in [0, 0.05) is 11.1 Å². The van der Waals surface area contributed by atoms with Gasteiger partial charge in [-0.1, -0.05) is 37.6 Å². The minimum absolute atomic E-state index is 0.0266. The van der Waals surface area contributed by atoms with Gasteiger partial charge < -0.3 is 4.74 Å². The predicted octanol–water partition coefficient (Wildman–Crippen LogP) is 4.95. The second-order valence-corrected chi connectivity index (χ2v) is 5.48. The van der Waals surface area contributed by atoms with E-state index >= 15 is 0 Å². The summed E-state index contributed by atoms with van der Waals surface area (Å²) in [6.07, 6.45) is 0. The Morgan fingerprint density at radius 2 is 1.86 bits per heavy atom. The van der Waals surface area contributed by atoms with E-state index in [-0.39, 0.29) is 12.3 Å². The molecule has 0 aromatic heterocycles. The second-order valence-electron chi connectivity index (χ2n) is 5.04. The largest absolute Gasteiger partial charge is 0.489 e. The Balaban J connectivity index is 2.11. The van der Waals surface area contributed by atoms with E-state index in [0.717, 1.165) is 0 Å². The number of hydrogen-bond acceptors (Lipinski definition) is 3. The molecule has 2 aromatic rings. The molecule has 4 nitrogen and oxygen atoms in total. The van der Waals surface area contributed by atoms with Crippen molar-refractivity contribution in [3.05, 3.63) is 68.7 Å². The van der Waals surface area contributed by atoms with Gasteiger partial charge in [-0.05, 0) is 35.7 Å². The summed E-state index contributed by atoms with van der Waals surface area (Å²) < 4.78 is 5.61. The quantitative estimate of drug-likeness (QED) is 0.580. The maximum atomic E-state index is 11.0. The Morgan fingerprint density at radius 1 is 1.19 bits per heavy atom. The molecule has 2 rings (SSSR count). The van der Waals surface area contributed by atoms with Gasteiger partial charge in [0.05, 0.1) is 10.5 Å². The Hall–Kier alpha value is -2.07. The third-order valence-electron chi connectivity index (χ3n) is 3.19. The smallest absolute Gasteiger partial charge is 0.277 e. The van der Waals surface area contributed by atoms with Crippen LogP contribution in [0.4, 0.5) is 5.69 Å². The molecule has 0 aliphatic rings. The zero-order valence-electron chi connectivity index (χ0n) is 11.9. The number of halogens is 1. The van der Waals surface area contributed by atoms with Gasteiger partial charge in [-0.25, -0.2) is 0 Å². The minimum atomic E-state index is -0.452. The molecule has 0 amide bonds. The number of ether oxygens (including phenoxy) is 1. The molecule has 0 saturated heterocycles. The summed E-state index contributed by atoms with van der Waals surface area (Å²) in [7, 11) is 0. The topological polar surface area (TPSA) is 52.4 Å². The van der Waals surface area contributed by atoms with Crippen LogP contribution in [0, 0.1) is 10.1 Å². The summed E-state index contributed by atoms with van der Waals surface area (Å²) in [4.78, 5) is 10.5. The average Bonchev–Trinajstić information content (AvgIpc) is 2.46. The lowest BCUT2D eigenvalue weighted by Gasteiger charge is -2.09. The van der Waals surface area contributed by atoms with Crippen molar-refractivity contribution in [2.75, 3.05) is 0 Å². The van der Waals surface area contributed by atoms with E-state index < -0.39 is 4.92 Å². The second kappa shape index (κ2) is 6.59. The summed E-state index contributed by atoms with van der Waals surface area (Å²) in [5, 5.41) is 11.3. The maximum absolute atomic E-state index is 11.0. The van der Waals surface area contributed by atoms with E-state index in [4.69, 9.17) is 16.3 Å². The molecule has 0 atom stereocenters. The Bertz CT molecular complexity index is 638. The van der Waals surface area contributed by atoms with Crippen LogP contribution >= 0.6 is 11.6 Å². The number of nitro benzene ring substituents is 1. The molecule has 0 aliphatic heterocycles. The Labute approximate surface area is 128 Å². The van der Waals surface area contributed by atoms with Crippen molar-refractivity contribution in [2.24, 2.45) is 0 Å². The molecule has 0 spiro atoms. The van der Waals surface area contributed by atoms with E-state index in [9.17, 15) is 10.1 Å². The first-order chi connectivity index (χ1) is 9.97. The van der Waals surface area contributed by atoms with Crippen LogP contribution in [0.5, 0.6) is 5.75 Å². The van der Waals surface area contributed by atoms with Gasteiger partial charge in [-0.3, -0.25) is 10.1 Å². The molecule has 0 fully saturated rings. The van der Waals surface area contributed by atoms with E-state index in [1.807, 2.05) is 24.3 Å². The molecule has 0 saturated carbocycles. The van der Waals surface area contributed by atoms with Crippen LogP contribution in [0.1, 0.15) is 30.9 Å². The fourth-order valence-corrected chi connectivity index (χ4v) is 2.11. The summed E-state index contributed by atoms with van der Waals surface area (Å²) >= 11 is 5.78. The van der Waals surface area contributed by atoms with Gasteiger partial charge in [0.1, 0.15) is 12.4 Å². The number of hydrogen-bond donors (Lipinski definition) is 0. The summed E-state index contributed by atoms with van der Waals surface area (Å²) in [6.45, 7) is 4.37. The van der Waals surface area contributed by atoms with Crippen molar-refractivity contribution >= 4 is 17.3 Å². The van der Waals surface area contributed by atoms with Crippen molar-refractivity contribution in [3.63, 3.8) is 0 Å². The monoisotopic (exact) mass is 305 g/mol. The molecule has 0 bridgehead atoms. The lowest BCUT2D eigenvalue weighted by molar-refractivity contribution is -0.385. The molecular weight excluding hydrogens is 290 g/mol. The van der Waals surface area contributed by atoms with Crippen molar-refractivity contribution < 1.29 is 9.66 Å². The number of nitro groups is 1. The molecule has 5 heteroatoms. The van der Waals surface area contributed by atoms with Gasteiger partial charge >= 0.3 is 0 Å². The highest BCUT2D eigenvalue weighted by molar-refractivity contribution is 6.30. The van der Waals surface area contributed by atoms with Crippen LogP contribution in [0.2, 0.25) is 5.02 Å². The van der Waals surface area contributed by atoms with Crippen LogP contribution in [-0.2, 0) is 6.61 Å². The van der Waals surface area contributed by atoms with E-state index in [1.54, 1.807) is 12.1 Å². The normalized spacial score (nSPS) is 10.7. The molecule has 0 heterocycles. The minimum Gasteiger partial charge on any atom is -0.489 e. The highest BCUT2D eigenvalue weighted by Gasteiger charge is 2.14. The fourth-order valence-electron chi connectivity index (χ4n) is 1.94. The lowest BCUT2D eigenvalue weighted by atomic mass is 10.0. The van der Waals surface area contributed by atoms with Crippen molar-refractivity contribution in [1.82, 2.24) is 0 Å². The highest BCUT2D eigenvalue weighted by Crippen LogP contribution is 2.25. The van der Waals surface area contributed by atoms with Gasteiger partial charge in [0.15, 0.2) is 0 Å². The zero-order valence-corrected chi connectivity index (χ0v) is 12.6. The fraction of sp³-hybridized carbons (Fsp3) is 0.250. The van der Waals surface area contributed by atoms with E-state index in [0.29, 0.717) is 22.3 Å². The van der Waals surface area contributed by atoms with Gasteiger partial charge in [0.25, 0.3) is 5.69 Å². The first-order valence-corrected chi connectivity index (χ1v) is 7.00. The van der Waals surface area contributed by atoms with Crippen molar-refractivity contribution in [1.29, 1.82) is 0 Å². The molecule has 0 N–H and O–H groups in total. The van der Waals surface area contributed by atoms with E-state index in [1.165, 1.54) is 11.6 Å². The zero-order chi connectivity index (χ0) is 15.4. The number of nitrogens with zero attached hydrogens (tertiary/aromatic N) is 1. The number of benzene rings is 2. The standard InChI is InChI=1S/C16H16ClNO3/c1-11(2)12-4-7-15(8-5-12)21-10-13-3-6-14(17)9-16(13)18(19)20/h3-9,11H,10H2,1-2H3. The van der Waals surface area contributed by atoms with Crippen LogP contribution in [-0.4, -0.2) is 4.92 Å². The maximum Gasteiger partial charge on any atom is 0.277 e. The third-order valence-corrected chi connectivity index (χ3v) is 3.42. The lowest BCUT2D eigenvalue weighted by Crippen LogP contribution is -2.00. The number of rotatable bonds is 5. The Kier molecular flexibility index (Phi) is 4.81. The average molecular weight is 306 g/mol. The van der Waals surface area contributed by atoms with Crippen LogP contribution in [0.15, 0.2) is 42.5 Å². The predicted molar refractivity (Wildman–Crippen MR) is 83.0 cm³/mol. The van der Waals surface area contributed by atoms with E-state index in [2.05, 4.69) is 13.8 Å². The molecule has 0 unspecified atom stereocenters. The molecular formula is C16H16ClNO3. The van der Waals surface area contributed by atoms with Gasteiger partial charge in [-0.2, -0.15) is 0 Å². The van der Waals surface area contributed by atoms with Crippen LogP contribution in [0.3, 0.4) is 0 Å². The van der Waals surface area contributed by atoms with Crippen molar-refractivity contribution in [2.45, 2.75) is 26.4 Å². The first kappa shape index (κ1) is 15.3. The van der Waals surface area contributed by atoms with Gasteiger partial charge in [-0.15, -0.1) is 0 Å². The first-order valence-electron chi connectivity index (χ1n) is 6.63. The molecule has 2 aromatic carbocycles. The SMILES string of the molecule is CC(C)c1ccc(OCc2ccc(Cl)cc2[N+](=O)[O-])cc1.